The van der Waals surface area contributed by atoms with Crippen molar-refractivity contribution in [1.29, 1.82) is 0 Å². The third-order valence-corrected chi connectivity index (χ3v) is 1.93. The number of hydrogen-bond acceptors (Lipinski definition) is 1. The van der Waals surface area contributed by atoms with E-state index in [9.17, 15) is 9.18 Å². The molecule has 0 amide bonds. The summed E-state index contributed by atoms with van der Waals surface area (Å²) >= 11 is 5.66. The smallest absolute Gasteiger partial charge is 0.328 e. The first-order valence-corrected chi connectivity index (χ1v) is 4.25. The minimum Gasteiger partial charge on any atom is -0.478 e. The first-order valence-electron chi connectivity index (χ1n) is 3.87. The topological polar surface area (TPSA) is 37.3 Å². The van der Waals surface area contributed by atoms with Crippen LogP contribution in [0.5, 0.6) is 0 Å². The van der Waals surface area contributed by atoms with Crippen LogP contribution in [0.2, 0.25) is 5.02 Å². The second-order valence-corrected chi connectivity index (χ2v) is 3.23. The van der Waals surface area contributed by atoms with Gasteiger partial charge < -0.3 is 5.11 Å². The molecule has 0 aliphatic heterocycles. The maximum Gasteiger partial charge on any atom is 0.328 e. The van der Waals surface area contributed by atoms with Crippen molar-refractivity contribution in [2.45, 2.75) is 6.92 Å². The van der Waals surface area contributed by atoms with Gasteiger partial charge in [0.2, 0.25) is 0 Å². The van der Waals surface area contributed by atoms with Gasteiger partial charge in [-0.2, -0.15) is 0 Å². The number of carboxylic acid groups (broad SMARTS) is 1. The van der Waals surface area contributed by atoms with Crippen molar-refractivity contribution < 1.29 is 14.3 Å². The highest BCUT2D eigenvalue weighted by atomic mass is 35.5. The molecule has 0 fully saturated rings. The minimum atomic E-state index is -1.11. The third kappa shape index (κ3) is 2.57. The van der Waals surface area contributed by atoms with E-state index < -0.39 is 11.8 Å². The molecule has 1 rings (SSSR count). The average Bonchev–Trinajstić information content (AvgIpc) is 2.08. The zero-order valence-corrected chi connectivity index (χ0v) is 8.18. The first-order chi connectivity index (χ1) is 6.50. The van der Waals surface area contributed by atoms with Crippen LogP contribution in [0.3, 0.4) is 0 Å². The lowest BCUT2D eigenvalue weighted by molar-refractivity contribution is -0.131. The molecule has 0 aliphatic rings. The van der Waals surface area contributed by atoms with Gasteiger partial charge in [0.05, 0.1) is 0 Å². The highest BCUT2D eigenvalue weighted by Gasteiger charge is 2.05. The van der Waals surface area contributed by atoms with Crippen molar-refractivity contribution in [1.82, 2.24) is 0 Å². The molecule has 1 aromatic carbocycles. The molecule has 1 N–H and O–H groups in total. The van der Waals surface area contributed by atoms with Crippen LogP contribution >= 0.6 is 11.6 Å². The molecule has 0 bridgehead atoms. The Kier molecular flexibility index (Phi) is 3.25. The van der Waals surface area contributed by atoms with E-state index in [0.29, 0.717) is 10.6 Å². The summed E-state index contributed by atoms with van der Waals surface area (Å²) in [5.74, 6) is -1.59. The van der Waals surface area contributed by atoms with Crippen LogP contribution in [0.25, 0.3) is 5.57 Å². The van der Waals surface area contributed by atoms with Crippen molar-refractivity contribution in [2.75, 3.05) is 0 Å². The lowest BCUT2D eigenvalue weighted by Crippen LogP contribution is -1.92. The van der Waals surface area contributed by atoms with Gasteiger partial charge in [0.1, 0.15) is 5.82 Å². The van der Waals surface area contributed by atoms with Crippen molar-refractivity contribution in [3.63, 3.8) is 0 Å². The number of benzene rings is 1. The summed E-state index contributed by atoms with van der Waals surface area (Å²) in [7, 11) is 0. The number of carboxylic acids is 1. The fourth-order valence-corrected chi connectivity index (χ4v) is 1.23. The van der Waals surface area contributed by atoms with Crippen molar-refractivity contribution >= 4 is 23.1 Å². The summed E-state index contributed by atoms with van der Waals surface area (Å²) in [5.41, 5.74) is 0.539. The minimum absolute atomic E-state index is 0.208. The standard InChI is InChI=1S/C10H8ClFO2/c1-6(4-10(13)14)8-5-7(11)2-3-9(8)12/h2-5H,1H3,(H,13,14)/b6-4-. The zero-order valence-electron chi connectivity index (χ0n) is 7.42. The number of allylic oxidation sites excluding steroid dienone is 1. The summed E-state index contributed by atoms with van der Waals surface area (Å²) in [6.45, 7) is 1.52. The van der Waals surface area contributed by atoms with E-state index >= 15 is 0 Å². The van der Waals surface area contributed by atoms with Crippen LogP contribution in [0, 0.1) is 5.82 Å². The molecular formula is C10H8ClFO2. The Morgan fingerprint density at radius 3 is 2.79 bits per heavy atom. The van der Waals surface area contributed by atoms with Crippen LogP contribution in [0.4, 0.5) is 4.39 Å². The normalized spacial score (nSPS) is 11.5. The molecule has 0 heterocycles. The molecule has 0 saturated heterocycles. The highest BCUT2D eigenvalue weighted by molar-refractivity contribution is 6.30. The van der Waals surface area contributed by atoms with E-state index in [4.69, 9.17) is 16.7 Å². The summed E-state index contributed by atoms with van der Waals surface area (Å²) in [4.78, 5) is 10.3. The van der Waals surface area contributed by atoms with Crippen LogP contribution in [-0.2, 0) is 4.79 Å². The maximum absolute atomic E-state index is 13.2. The molecule has 4 heteroatoms. The van der Waals surface area contributed by atoms with Gasteiger partial charge in [-0.15, -0.1) is 0 Å². The molecule has 1 aromatic rings. The van der Waals surface area contributed by atoms with Gasteiger partial charge in [0.15, 0.2) is 0 Å². The predicted molar refractivity (Wildman–Crippen MR) is 52.7 cm³/mol. The number of carbonyl (C=O) groups is 1. The summed E-state index contributed by atoms with van der Waals surface area (Å²) in [5, 5.41) is 8.85. The monoisotopic (exact) mass is 214 g/mol. The van der Waals surface area contributed by atoms with Gasteiger partial charge in [0, 0.05) is 16.7 Å². The van der Waals surface area contributed by atoms with E-state index in [2.05, 4.69) is 0 Å². The van der Waals surface area contributed by atoms with Gasteiger partial charge in [0.25, 0.3) is 0 Å². The van der Waals surface area contributed by atoms with Gasteiger partial charge >= 0.3 is 5.97 Å². The van der Waals surface area contributed by atoms with Gasteiger partial charge in [-0.25, -0.2) is 9.18 Å². The Morgan fingerprint density at radius 1 is 1.57 bits per heavy atom. The highest BCUT2D eigenvalue weighted by Crippen LogP contribution is 2.21. The molecule has 0 aliphatic carbocycles. The second-order valence-electron chi connectivity index (χ2n) is 2.79. The quantitative estimate of drug-likeness (QED) is 0.769. The van der Waals surface area contributed by atoms with E-state index in [1.807, 2.05) is 0 Å². The second kappa shape index (κ2) is 4.24. The molecule has 0 radical (unpaired) electrons. The largest absolute Gasteiger partial charge is 0.478 e. The number of halogens is 2. The zero-order chi connectivity index (χ0) is 10.7. The summed E-state index contributed by atoms with van der Waals surface area (Å²) in [6.07, 6.45) is 0.939. The lowest BCUT2D eigenvalue weighted by atomic mass is 10.1. The molecule has 0 aromatic heterocycles. The first kappa shape index (κ1) is 10.7. The molecule has 0 spiro atoms. The Balaban J connectivity index is 3.18. The van der Waals surface area contributed by atoms with Crippen LogP contribution < -0.4 is 0 Å². The molecule has 14 heavy (non-hydrogen) atoms. The predicted octanol–water partition coefficient (Wildman–Crippen LogP) is 2.97. The van der Waals surface area contributed by atoms with Crippen molar-refractivity contribution in [2.24, 2.45) is 0 Å². The van der Waals surface area contributed by atoms with Crippen molar-refractivity contribution in [3.05, 3.63) is 40.7 Å². The van der Waals surface area contributed by atoms with E-state index in [-0.39, 0.29) is 5.56 Å². The maximum atomic E-state index is 13.2. The molecule has 0 atom stereocenters. The fraction of sp³-hybridized carbons (Fsp3) is 0.100. The van der Waals surface area contributed by atoms with Gasteiger partial charge in [-0.05, 0) is 30.7 Å². The van der Waals surface area contributed by atoms with Crippen molar-refractivity contribution in [3.8, 4) is 0 Å². The average molecular weight is 215 g/mol. The number of aliphatic carboxylic acids is 1. The molecule has 74 valence electrons. The number of rotatable bonds is 2. The molecule has 0 unspecified atom stereocenters. The van der Waals surface area contributed by atoms with E-state index in [1.165, 1.54) is 25.1 Å². The van der Waals surface area contributed by atoms with Gasteiger partial charge in [-0.3, -0.25) is 0 Å². The lowest BCUT2D eigenvalue weighted by Gasteiger charge is -2.02. The summed E-state index contributed by atoms with van der Waals surface area (Å²) < 4.78 is 13.2. The Labute approximate surface area is 85.6 Å². The number of hydrogen-bond donors (Lipinski definition) is 1. The molecule has 2 nitrogen and oxygen atoms in total. The fourth-order valence-electron chi connectivity index (χ4n) is 1.06. The SMILES string of the molecule is C/C(=C/C(=O)O)c1cc(Cl)ccc1F. The van der Waals surface area contributed by atoms with E-state index in [1.54, 1.807) is 0 Å². The Bertz CT molecular complexity index is 399. The van der Waals surface area contributed by atoms with Gasteiger partial charge in [-0.1, -0.05) is 11.6 Å². The van der Waals surface area contributed by atoms with Crippen LogP contribution in [-0.4, -0.2) is 11.1 Å². The third-order valence-electron chi connectivity index (χ3n) is 1.69. The Hall–Kier alpha value is -1.35. The molecular weight excluding hydrogens is 207 g/mol. The van der Waals surface area contributed by atoms with Crippen LogP contribution in [0.1, 0.15) is 12.5 Å². The Morgan fingerprint density at radius 2 is 2.21 bits per heavy atom. The summed E-state index contributed by atoms with van der Waals surface area (Å²) in [6, 6.07) is 4.01. The molecule has 0 saturated carbocycles. The van der Waals surface area contributed by atoms with Crippen LogP contribution in [0.15, 0.2) is 24.3 Å². The van der Waals surface area contributed by atoms with E-state index in [0.717, 1.165) is 6.08 Å².